The highest BCUT2D eigenvalue weighted by atomic mass is 16.5. The van der Waals surface area contributed by atoms with Gasteiger partial charge in [-0.1, -0.05) is 6.07 Å². The lowest BCUT2D eigenvalue weighted by Gasteiger charge is -2.33. The number of ether oxygens (including phenoxy) is 1. The molecule has 0 aromatic carbocycles. The lowest BCUT2D eigenvalue weighted by molar-refractivity contribution is 0.0419. The second-order valence-electron chi connectivity index (χ2n) is 4.19. The van der Waals surface area contributed by atoms with E-state index in [2.05, 4.69) is 34.3 Å². The average molecular weight is 221 g/mol. The molecule has 0 saturated carbocycles. The van der Waals surface area contributed by atoms with E-state index in [4.69, 9.17) is 4.74 Å². The third-order valence-electron chi connectivity index (χ3n) is 2.79. The Bertz CT molecular complexity index is 324. The molecule has 1 atom stereocenters. The highest BCUT2D eigenvalue weighted by molar-refractivity contribution is 5.39. The third kappa shape index (κ3) is 2.71. The zero-order valence-electron chi connectivity index (χ0n) is 9.94. The number of rotatable bonds is 3. The summed E-state index contributed by atoms with van der Waals surface area (Å²) in [5.41, 5.74) is 1.20. The van der Waals surface area contributed by atoms with Crippen molar-refractivity contribution in [3.63, 3.8) is 0 Å². The van der Waals surface area contributed by atoms with E-state index in [-0.39, 0.29) is 6.10 Å². The Hall–Kier alpha value is -1.13. The maximum atomic E-state index is 5.66. The van der Waals surface area contributed by atoms with Gasteiger partial charge in [-0.05, 0) is 25.6 Å². The highest BCUT2D eigenvalue weighted by Crippen LogP contribution is 2.14. The molecule has 88 valence electrons. The molecule has 1 aromatic rings. The molecule has 1 fully saturated rings. The van der Waals surface area contributed by atoms with Gasteiger partial charge < -0.3 is 15.0 Å². The molecule has 16 heavy (non-hydrogen) atoms. The van der Waals surface area contributed by atoms with Gasteiger partial charge in [-0.2, -0.15) is 0 Å². The van der Waals surface area contributed by atoms with Crippen molar-refractivity contribution in [2.45, 2.75) is 13.0 Å². The summed E-state index contributed by atoms with van der Waals surface area (Å²) in [6, 6.07) is 4.18. The number of nitrogens with zero attached hydrogens (tertiary/aromatic N) is 2. The first-order valence-corrected chi connectivity index (χ1v) is 5.73. The van der Waals surface area contributed by atoms with Crippen molar-refractivity contribution in [2.75, 3.05) is 38.2 Å². The van der Waals surface area contributed by atoms with E-state index in [0.29, 0.717) is 0 Å². The maximum Gasteiger partial charge on any atom is 0.128 e. The smallest absolute Gasteiger partial charge is 0.128 e. The normalized spacial score (nSPS) is 21.1. The molecule has 1 unspecified atom stereocenters. The van der Waals surface area contributed by atoms with Crippen molar-refractivity contribution >= 4 is 5.82 Å². The maximum absolute atomic E-state index is 5.66. The number of hydrogen-bond acceptors (Lipinski definition) is 4. The van der Waals surface area contributed by atoms with Gasteiger partial charge in [-0.25, -0.2) is 4.98 Å². The van der Waals surface area contributed by atoms with Gasteiger partial charge >= 0.3 is 0 Å². The minimum atomic E-state index is 0.266. The third-order valence-corrected chi connectivity index (χ3v) is 2.79. The first-order valence-electron chi connectivity index (χ1n) is 5.73. The van der Waals surface area contributed by atoms with Crippen LogP contribution in [0.5, 0.6) is 0 Å². The van der Waals surface area contributed by atoms with E-state index >= 15 is 0 Å². The number of morpholine rings is 1. The molecule has 0 bridgehead atoms. The molecule has 1 saturated heterocycles. The van der Waals surface area contributed by atoms with Crippen LogP contribution in [0.3, 0.4) is 0 Å². The van der Waals surface area contributed by atoms with Crippen LogP contribution in [0.1, 0.15) is 5.56 Å². The topological polar surface area (TPSA) is 37.4 Å². The summed E-state index contributed by atoms with van der Waals surface area (Å²) in [6.07, 6.45) is 2.18. The molecule has 1 aliphatic rings. The van der Waals surface area contributed by atoms with Crippen molar-refractivity contribution in [1.82, 2.24) is 10.3 Å². The number of anilines is 1. The van der Waals surface area contributed by atoms with Crippen LogP contribution in [0, 0.1) is 6.92 Å². The number of nitrogens with one attached hydrogen (secondary N) is 1. The molecular formula is C12H19N3O. The second-order valence-corrected chi connectivity index (χ2v) is 4.19. The fraction of sp³-hybridized carbons (Fsp3) is 0.583. The van der Waals surface area contributed by atoms with Gasteiger partial charge in [-0.15, -0.1) is 0 Å². The van der Waals surface area contributed by atoms with Crippen LogP contribution in [0.25, 0.3) is 0 Å². The molecule has 0 spiro atoms. The van der Waals surface area contributed by atoms with Crippen LogP contribution in [0.15, 0.2) is 18.3 Å². The van der Waals surface area contributed by atoms with Crippen molar-refractivity contribution in [1.29, 1.82) is 0 Å². The Labute approximate surface area is 96.6 Å². The van der Waals surface area contributed by atoms with E-state index in [1.165, 1.54) is 5.56 Å². The fourth-order valence-electron chi connectivity index (χ4n) is 1.93. The van der Waals surface area contributed by atoms with Crippen LogP contribution in [0.4, 0.5) is 5.82 Å². The minimum absolute atomic E-state index is 0.266. The van der Waals surface area contributed by atoms with Crippen LogP contribution >= 0.6 is 0 Å². The van der Waals surface area contributed by atoms with Crippen LogP contribution in [-0.2, 0) is 4.74 Å². The quantitative estimate of drug-likeness (QED) is 0.820. The summed E-state index contributed by atoms with van der Waals surface area (Å²) in [5.74, 6) is 1.05. The lowest BCUT2D eigenvalue weighted by Crippen LogP contribution is -2.46. The summed E-state index contributed by atoms with van der Waals surface area (Å²) >= 11 is 0. The predicted molar refractivity (Wildman–Crippen MR) is 64.9 cm³/mol. The van der Waals surface area contributed by atoms with Gasteiger partial charge in [0.1, 0.15) is 5.82 Å². The largest absolute Gasteiger partial charge is 0.373 e. The number of hydrogen-bond donors (Lipinski definition) is 1. The molecule has 4 nitrogen and oxygen atoms in total. The van der Waals surface area contributed by atoms with E-state index < -0.39 is 0 Å². The molecule has 2 heterocycles. The average Bonchev–Trinajstić information content (AvgIpc) is 2.31. The van der Waals surface area contributed by atoms with Gasteiger partial charge in [0.05, 0.1) is 12.7 Å². The Morgan fingerprint density at radius 3 is 3.12 bits per heavy atom. The van der Waals surface area contributed by atoms with Crippen LogP contribution in [-0.4, -0.2) is 44.4 Å². The Kier molecular flexibility index (Phi) is 3.74. The van der Waals surface area contributed by atoms with Crippen molar-refractivity contribution in [2.24, 2.45) is 0 Å². The summed E-state index contributed by atoms with van der Waals surface area (Å²) in [7, 11) is 1.95. The molecule has 1 aliphatic heterocycles. The van der Waals surface area contributed by atoms with Crippen molar-refractivity contribution in [3.8, 4) is 0 Å². The van der Waals surface area contributed by atoms with E-state index in [0.717, 1.165) is 32.1 Å². The predicted octanol–water partition coefficient (Wildman–Crippen LogP) is 0.815. The molecule has 1 aromatic heterocycles. The monoisotopic (exact) mass is 221 g/mol. The number of pyridine rings is 1. The van der Waals surface area contributed by atoms with Crippen LogP contribution in [0.2, 0.25) is 0 Å². The molecule has 4 heteroatoms. The number of aromatic nitrogens is 1. The summed E-state index contributed by atoms with van der Waals surface area (Å²) in [6.45, 7) is 5.57. The first-order chi connectivity index (χ1) is 7.79. The standard InChI is InChI=1S/C12H19N3O/c1-10-3-4-12(14-7-10)15-5-6-16-11(9-15)8-13-2/h3-4,7,11,13H,5-6,8-9H2,1-2H3. The fourth-order valence-corrected chi connectivity index (χ4v) is 1.93. The van der Waals surface area contributed by atoms with Crippen molar-refractivity contribution < 1.29 is 4.74 Å². The van der Waals surface area contributed by atoms with Gasteiger partial charge in [0, 0.05) is 25.8 Å². The van der Waals surface area contributed by atoms with Crippen LogP contribution < -0.4 is 10.2 Å². The molecule has 0 aliphatic carbocycles. The lowest BCUT2D eigenvalue weighted by atomic mass is 10.2. The molecule has 1 N–H and O–H groups in total. The Balaban J connectivity index is 2.01. The first kappa shape index (κ1) is 11.4. The van der Waals surface area contributed by atoms with E-state index in [1.54, 1.807) is 0 Å². The zero-order chi connectivity index (χ0) is 11.4. The van der Waals surface area contributed by atoms with E-state index in [1.807, 2.05) is 13.2 Å². The number of likely N-dealkylation sites (N-methyl/N-ethyl adjacent to an activating group) is 1. The molecule has 0 radical (unpaired) electrons. The summed E-state index contributed by atoms with van der Waals surface area (Å²) in [5, 5.41) is 3.15. The SMILES string of the molecule is CNCC1CN(c2ccc(C)cn2)CCO1. The highest BCUT2D eigenvalue weighted by Gasteiger charge is 2.20. The summed E-state index contributed by atoms with van der Waals surface area (Å²) in [4.78, 5) is 6.73. The zero-order valence-corrected chi connectivity index (χ0v) is 9.94. The minimum Gasteiger partial charge on any atom is -0.373 e. The Morgan fingerprint density at radius 2 is 2.44 bits per heavy atom. The molecule has 0 amide bonds. The second kappa shape index (κ2) is 5.27. The summed E-state index contributed by atoms with van der Waals surface area (Å²) < 4.78 is 5.66. The Morgan fingerprint density at radius 1 is 1.56 bits per heavy atom. The number of aryl methyl sites for hydroxylation is 1. The molecule has 2 rings (SSSR count). The van der Waals surface area contributed by atoms with Gasteiger partial charge in [0.2, 0.25) is 0 Å². The van der Waals surface area contributed by atoms with Gasteiger partial charge in [0.15, 0.2) is 0 Å². The van der Waals surface area contributed by atoms with Gasteiger partial charge in [-0.3, -0.25) is 0 Å². The molecular weight excluding hydrogens is 202 g/mol. The van der Waals surface area contributed by atoms with Gasteiger partial charge in [0.25, 0.3) is 0 Å². The van der Waals surface area contributed by atoms with Crippen molar-refractivity contribution in [3.05, 3.63) is 23.9 Å². The van der Waals surface area contributed by atoms with E-state index in [9.17, 15) is 0 Å².